The van der Waals surface area contributed by atoms with E-state index in [1.807, 2.05) is 36.4 Å². The van der Waals surface area contributed by atoms with Crippen LogP contribution in [0.1, 0.15) is 11.4 Å². The molecule has 1 N–H and O–H groups in total. The molecule has 0 radical (unpaired) electrons. The Kier molecular flexibility index (Phi) is 5.68. The van der Waals surface area contributed by atoms with Gasteiger partial charge in [-0.1, -0.05) is 52.6 Å². The van der Waals surface area contributed by atoms with E-state index >= 15 is 0 Å². The lowest BCUT2D eigenvalue weighted by atomic mass is 10.1. The van der Waals surface area contributed by atoms with Crippen molar-refractivity contribution in [2.75, 3.05) is 6.54 Å². The predicted octanol–water partition coefficient (Wildman–Crippen LogP) is 3.94. The number of carbonyl (C=O) groups excluding carboxylic acids is 1. The molecule has 0 unspecified atom stereocenters. The van der Waals surface area contributed by atoms with E-state index < -0.39 is 0 Å². The molecule has 3 aromatic rings. The normalized spacial score (nSPS) is 10.6. The molecule has 0 aliphatic rings. The summed E-state index contributed by atoms with van der Waals surface area (Å²) in [5, 5.41) is 7.84. The molecule has 0 aliphatic carbocycles. The van der Waals surface area contributed by atoms with Crippen LogP contribution < -0.4 is 5.32 Å². The number of aromatic nitrogens is 2. The van der Waals surface area contributed by atoms with E-state index in [1.54, 1.807) is 12.1 Å². The number of nitrogens with one attached hydrogen (secondary N) is 1. The Bertz CT molecular complexity index is 866. The van der Waals surface area contributed by atoms with Crippen LogP contribution in [0.5, 0.6) is 0 Å². The van der Waals surface area contributed by atoms with Gasteiger partial charge in [0, 0.05) is 22.2 Å². The molecule has 1 aromatic heterocycles. The van der Waals surface area contributed by atoms with Crippen LogP contribution in [0.3, 0.4) is 0 Å². The minimum Gasteiger partial charge on any atom is -0.355 e. The monoisotopic (exact) mass is 375 g/mol. The standard InChI is InChI=1S/C18H15Cl2N3O2/c19-14-7-6-12(15(20)10-14)8-9-21-17(24)11-16-22-18(25-23-16)13-4-2-1-3-5-13/h1-7,10H,8-9,11H2,(H,21,24). The number of halogens is 2. The second kappa shape index (κ2) is 8.14. The molecule has 0 atom stereocenters. The summed E-state index contributed by atoms with van der Waals surface area (Å²) in [6.45, 7) is 0.462. The molecule has 2 aromatic carbocycles. The Morgan fingerprint density at radius 3 is 2.68 bits per heavy atom. The second-order valence-electron chi connectivity index (χ2n) is 5.39. The van der Waals surface area contributed by atoms with Crippen molar-refractivity contribution in [3.05, 3.63) is 70.0 Å². The molecule has 1 heterocycles. The van der Waals surface area contributed by atoms with Crippen molar-refractivity contribution in [1.29, 1.82) is 0 Å². The van der Waals surface area contributed by atoms with Crippen LogP contribution in [-0.2, 0) is 17.6 Å². The minimum absolute atomic E-state index is 0.0602. The molecule has 1 amide bonds. The van der Waals surface area contributed by atoms with Crippen LogP contribution in [-0.4, -0.2) is 22.6 Å². The highest BCUT2D eigenvalue weighted by Crippen LogP contribution is 2.21. The van der Waals surface area contributed by atoms with Gasteiger partial charge in [-0.2, -0.15) is 4.98 Å². The topological polar surface area (TPSA) is 68.0 Å². The summed E-state index contributed by atoms with van der Waals surface area (Å²) in [7, 11) is 0. The highest BCUT2D eigenvalue weighted by atomic mass is 35.5. The van der Waals surface area contributed by atoms with E-state index in [-0.39, 0.29) is 12.3 Å². The third kappa shape index (κ3) is 4.81. The van der Waals surface area contributed by atoms with Crippen molar-refractivity contribution in [1.82, 2.24) is 15.5 Å². The molecular weight excluding hydrogens is 361 g/mol. The molecule has 3 rings (SSSR count). The van der Waals surface area contributed by atoms with Gasteiger partial charge in [-0.15, -0.1) is 0 Å². The molecule has 0 saturated heterocycles. The zero-order valence-electron chi connectivity index (χ0n) is 13.2. The first kappa shape index (κ1) is 17.5. The summed E-state index contributed by atoms with van der Waals surface area (Å²) >= 11 is 12.0. The Balaban J connectivity index is 1.50. The van der Waals surface area contributed by atoms with Crippen molar-refractivity contribution in [2.45, 2.75) is 12.8 Å². The van der Waals surface area contributed by atoms with Gasteiger partial charge >= 0.3 is 0 Å². The molecule has 128 valence electrons. The molecule has 0 aliphatic heterocycles. The van der Waals surface area contributed by atoms with Crippen LogP contribution >= 0.6 is 23.2 Å². The number of hydrogen-bond acceptors (Lipinski definition) is 4. The number of benzene rings is 2. The van der Waals surface area contributed by atoms with E-state index in [2.05, 4.69) is 15.5 Å². The first-order chi connectivity index (χ1) is 12.1. The highest BCUT2D eigenvalue weighted by Gasteiger charge is 2.12. The van der Waals surface area contributed by atoms with Crippen molar-refractivity contribution in [2.24, 2.45) is 0 Å². The maximum atomic E-state index is 12.0. The molecule has 0 fully saturated rings. The van der Waals surface area contributed by atoms with Gasteiger partial charge in [0.05, 0.1) is 6.42 Å². The zero-order valence-corrected chi connectivity index (χ0v) is 14.7. The molecule has 0 saturated carbocycles. The van der Waals surface area contributed by atoms with E-state index in [0.29, 0.717) is 34.7 Å². The van der Waals surface area contributed by atoms with Crippen LogP contribution in [0.4, 0.5) is 0 Å². The summed E-state index contributed by atoms with van der Waals surface area (Å²) < 4.78 is 5.18. The summed E-state index contributed by atoms with van der Waals surface area (Å²) in [6, 6.07) is 14.7. The predicted molar refractivity (Wildman–Crippen MR) is 96.6 cm³/mol. The third-order valence-corrected chi connectivity index (χ3v) is 4.13. The van der Waals surface area contributed by atoms with Gasteiger partial charge in [-0.25, -0.2) is 0 Å². The number of nitrogens with zero attached hydrogens (tertiary/aromatic N) is 2. The molecular formula is C18H15Cl2N3O2. The summed E-state index contributed by atoms with van der Waals surface area (Å²) in [6.07, 6.45) is 0.675. The fraction of sp³-hybridized carbons (Fsp3) is 0.167. The van der Waals surface area contributed by atoms with Gasteiger partial charge in [0.25, 0.3) is 5.89 Å². The van der Waals surface area contributed by atoms with E-state index in [1.165, 1.54) is 0 Å². The number of hydrogen-bond donors (Lipinski definition) is 1. The van der Waals surface area contributed by atoms with Crippen LogP contribution in [0.25, 0.3) is 11.5 Å². The molecule has 5 nitrogen and oxygen atoms in total. The zero-order chi connectivity index (χ0) is 17.6. The van der Waals surface area contributed by atoms with Crippen molar-refractivity contribution in [3.63, 3.8) is 0 Å². The SMILES string of the molecule is O=C(Cc1noc(-c2ccccc2)n1)NCCc1ccc(Cl)cc1Cl. The van der Waals surface area contributed by atoms with Crippen molar-refractivity contribution >= 4 is 29.1 Å². The average Bonchev–Trinajstić information content (AvgIpc) is 3.06. The largest absolute Gasteiger partial charge is 0.355 e. The van der Waals surface area contributed by atoms with Gasteiger partial charge in [-0.05, 0) is 36.2 Å². The second-order valence-corrected chi connectivity index (χ2v) is 6.24. The average molecular weight is 376 g/mol. The lowest BCUT2D eigenvalue weighted by Gasteiger charge is -2.06. The molecule has 7 heteroatoms. The number of rotatable bonds is 6. The smallest absolute Gasteiger partial charge is 0.257 e. The van der Waals surface area contributed by atoms with Gasteiger partial charge in [0.2, 0.25) is 5.91 Å². The third-order valence-electron chi connectivity index (χ3n) is 3.54. The van der Waals surface area contributed by atoms with Crippen LogP contribution in [0, 0.1) is 0 Å². The van der Waals surface area contributed by atoms with Crippen LogP contribution in [0.2, 0.25) is 10.0 Å². The molecule has 25 heavy (non-hydrogen) atoms. The minimum atomic E-state index is -0.175. The Labute approximate surface area is 155 Å². The summed E-state index contributed by atoms with van der Waals surface area (Å²) in [5.74, 6) is 0.572. The quantitative estimate of drug-likeness (QED) is 0.708. The summed E-state index contributed by atoms with van der Waals surface area (Å²) in [4.78, 5) is 16.2. The Morgan fingerprint density at radius 2 is 1.92 bits per heavy atom. The lowest BCUT2D eigenvalue weighted by molar-refractivity contribution is -0.120. The molecule has 0 bridgehead atoms. The van der Waals surface area contributed by atoms with Gasteiger partial charge < -0.3 is 9.84 Å². The fourth-order valence-corrected chi connectivity index (χ4v) is 2.79. The Morgan fingerprint density at radius 1 is 1.12 bits per heavy atom. The first-order valence-electron chi connectivity index (χ1n) is 7.70. The van der Waals surface area contributed by atoms with E-state index in [4.69, 9.17) is 27.7 Å². The Hall–Kier alpha value is -2.37. The fourth-order valence-electron chi connectivity index (χ4n) is 2.29. The number of amides is 1. The van der Waals surface area contributed by atoms with Gasteiger partial charge in [0.15, 0.2) is 5.82 Å². The van der Waals surface area contributed by atoms with Crippen molar-refractivity contribution in [3.8, 4) is 11.5 Å². The molecule has 0 spiro atoms. The summed E-state index contributed by atoms with van der Waals surface area (Å²) in [5.41, 5.74) is 1.75. The highest BCUT2D eigenvalue weighted by molar-refractivity contribution is 6.35. The van der Waals surface area contributed by atoms with Crippen LogP contribution in [0.15, 0.2) is 53.1 Å². The van der Waals surface area contributed by atoms with Crippen molar-refractivity contribution < 1.29 is 9.32 Å². The van der Waals surface area contributed by atoms with E-state index in [0.717, 1.165) is 11.1 Å². The van der Waals surface area contributed by atoms with E-state index in [9.17, 15) is 4.79 Å². The number of carbonyl (C=O) groups is 1. The first-order valence-corrected chi connectivity index (χ1v) is 8.46. The maximum Gasteiger partial charge on any atom is 0.257 e. The lowest BCUT2D eigenvalue weighted by Crippen LogP contribution is -2.27. The maximum absolute atomic E-state index is 12.0. The van der Waals surface area contributed by atoms with Gasteiger partial charge in [-0.3, -0.25) is 4.79 Å². The van der Waals surface area contributed by atoms with Gasteiger partial charge in [0.1, 0.15) is 0 Å².